The molecule has 22 heavy (non-hydrogen) atoms. The van der Waals surface area contributed by atoms with Gasteiger partial charge in [-0.2, -0.15) is 0 Å². The molecule has 0 fully saturated rings. The molecule has 0 saturated heterocycles. The largest absolute Gasteiger partial charge is 0.496 e. The highest BCUT2D eigenvalue weighted by atomic mass is 16.6. The Morgan fingerprint density at radius 2 is 1.77 bits per heavy atom. The summed E-state index contributed by atoms with van der Waals surface area (Å²) in [6, 6.07) is 14.2. The van der Waals surface area contributed by atoms with E-state index >= 15 is 0 Å². The molecule has 3 aromatic rings. The molecule has 0 aliphatic heterocycles. The summed E-state index contributed by atoms with van der Waals surface area (Å²) in [4.78, 5) is 14.9. The number of fused-ring (bicyclic) bond motifs is 1. The van der Waals surface area contributed by atoms with E-state index in [-0.39, 0.29) is 5.69 Å². The molecule has 0 aliphatic carbocycles. The number of nitro benzene ring substituents is 1. The summed E-state index contributed by atoms with van der Waals surface area (Å²) >= 11 is 0. The number of methoxy groups -OCH3 is 1. The first-order valence-electron chi connectivity index (χ1n) is 6.79. The summed E-state index contributed by atoms with van der Waals surface area (Å²) in [6.07, 6.45) is 0. The molecule has 0 bridgehead atoms. The number of ether oxygens (including phenoxy) is 1. The molecule has 2 aromatic carbocycles. The normalized spacial score (nSPS) is 10.6. The predicted molar refractivity (Wildman–Crippen MR) is 85.1 cm³/mol. The number of aromatic nitrogens is 1. The smallest absolute Gasteiger partial charge is 0.269 e. The Bertz CT molecular complexity index is 858. The summed E-state index contributed by atoms with van der Waals surface area (Å²) in [5.41, 5.74) is 3.62. The van der Waals surface area contributed by atoms with Gasteiger partial charge < -0.3 is 4.74 Å². The summed E-state index contributed by atoms with van der Waals surface area (Å²) in [5, 5.41) is 11.7. The fourth-order valence-electron chi connectivity index (χ4n) is 2.50. The minimum atomic E-state index is -0.408. The summed E-state index contributed by atoms with van der Waals surface area (Å²) in [7, 11) is 1.61. The fourth-order valence-corrected chi connectivity index (χ4v) is 2.50. The lowest BCUT2D eigenvalue weighted by Crippen LogP contribution is -1.93. The molecule has 0 unspecified atom stereocenters. The maximum atomic E-state index is 10.8. The van der Waals surface area contributed by atoms with Crippen molar-refractivity contribution in [2.45, 2.75) is 6.92 Å². The first-order chi connectivity index (χ1) is 10.6. The Hall–Kier alpha value is -2.95. The van der Waals surface area contributed by atoms with Crippen molar-refractivity contribution in [3.8, 4) is 16.9 Å². The first-order valence-corrected chi connectivity index (χ1v) is 6.79. The van der Waals surface area contributed by atoms with E-state index in [1.54, 1.807) is 19.2 Å². The average molecular weight is 294 g/mol. The monoisotopic (exact) mass is 294 g/mol. The molecule has 5 nitrogen and oxygen atoms in total. The zero-order valence-corrected chi connectivity index (χ0v) is 12.2. The van der Waals surface area contributed by atoms with Crippen LogP contribution in [0.15, 0.2) is 48.5 Å². The lowest BCUT2D eigenvalue weighted by atomic mass is 9.99. The van der Waals surface area contributed by atoms with E-state index in [0.717, 1.165) is 27.7 Å². The van der Waals surface area contributed by atoms with Gasteiger partial charge in [-0.15, -0.1) is 0 Å². The second kappa shape index (κ2) is 5.44. The summed E-state index contributed by atoms with van der Waals surface area (Å²) in [6.45, 7) is 1.94. The van der Waals surface area contributed by atoms with Crippen LogP contribution in [0.4, 0.5) is 5.69 Å². The highest BCUT2D eigenvalue weighted by Crippen LogP contribution is 2.37. The minimum Gasteiger partial charge on any atom is -0.496 e. The molecule has 3 rings (SSSR count). The third kappa shape index (κ3) is 2.37. The summed E-state index contributed by atoms with van der Waals surface area (Å²) in [5.74, 6) is 0.715. The van der Waals surface area contributed by atoms with Crippen molar-refractivity contribution in [2.75, 3.05) is 7.11 Å². The van der Waals surface area contributed by atoms with Gasteiger partial charge in [0.25, 0.3) is 5.69 Å². The molecule has 0 atom stereocenters. The summed E-state index contributed by atoms with van der Waals surface area (Å²) < 4.78 is 5.45. The van der Waals surface area contributed by atoms with Crippen molar-refractivity contribution < 1.29 is 9.66 Å². The van der Waals surface area contributed by atoms with Crippen LogP contribution >= 0.6 is 0 Å². The maximum Gasteiger partial charge on any atom is 0.269 e. The third-order valence-corrected chi connectivity index (χ3v) is 3.56. The van der Waals surface area contributed by atoms with Gasteiger partial charge in [0.1, 0.15) is 5.75 Å². The van der Waals surface area contributed by atoms with Crippen LogP contribution in [0.25, 0.3) is 22.0 Å². The van der Waals surface area contributed by atoms with Crippen molar-refractivity contribution in [1.82, 2.24) is 4.98 Å². The van der Waals surface area contributed by atoms with Gasteiger partial charge in [0, 0.05) is 28.8 Å². The number of nitro groups is 1. The van der Waals surface area contributed by atoms with Crippen molar-refractivity contribution >= 4 is 16.6 Å². The quantitative estimate of drug-likeness (QED) is 0.538. The van der Waals surface area contributed by atoms with Crippen LogP contribution in [0.1, 0.15) is 5.69 Å². The van der Waals surface area contributed by atoms with Crippen LogP contribution in [0.2, 0.25) is 0 Å². The number of non-ortho nitro benzene ring substituents is 1. The molecule has 0 spiro atoms. The van der Waals surface area contributed by atoms with E-state index in [4.69, 9.17) is 4.74 Å². The van der Waals surface area contributed by atoms with Gasteiger partial charge in [-0.05, 0) is 42.8 Å². The van der Waals surface area contributed by atoms with Crippen molar-refractivity contribution in [1.29, 1.82) is 0 Å². The van der Waals surface area contributed by atoms with E-state index in [1.807, 2.05) is 31.2 Å². The zero-order valence-electron chi connectivity index (χ0n) is 12.2. The number of hydrogen-bond acceptors (Lipinski definition) is 4. The van der Waals surface area contributed by atoms with Gasteiger partial charge in [-0.25, -0.2) is 0 Å². The van der Waals surface area contributed by atoms with Gasteiger partial charge in [-0.1, -0.05) is 6.07 Å². The third-order valence-electron chi connectivity index (χ3n) is 3.56. The zero-order chi connectivity index (χ0) is 15.7. The number of benzene rings is 2. The van der Waals surface area contributed by atoms with Crippen LogP contribution in [-0.4, -0.2) is 17.0 Å². The van der Waals surface area contributed by atoms with E-state index in [0.29, 0.717) is 5.75 Å². The first kappa shape index (κ1) is 14.0. The predicted octanol–water partition coefficient (Wildman–Crippen LogP) is 4.13. The molecule has 0 radical (unpaired) electrons. The molecule has 1 aromatic heterocycles. The number of aryl methyl sites for hydroxylation is 1. The SMILES string of the molecule is COc1ccc2nc(C)ccc2c1-c1ccc([N+](=O)[O-])cc1. The topological polar surface area (TPSA) is 65.3 Å². The van der Waals surface area contributed by atoms with E-state index in [9.17, 15) is 10.1 Å². The van der Waals surface area contributed by atoms with Gasteiger partial charge in [0.05, 0.1) is 17.5 Å². The van der Waals surface area contributed by atoms with Gasteiger partial charge in [0.15, 0.2) is 0 Å². The van der Waals surface area contributed by atoms with Crippen molar-refractivity contribution in [3.05, 3.63) is 64.3 Å². The van der Waals surface area contributed by atoms with Gasteiger partial charge >= 0.3 is 0 Å². The van der Waals surface area contributed by atoms with E-state index in [1.165, 1.54) is 12.1 Å². The Kier molecular flexibility index (Phi) is 3.47. The Balaban J connectivity index is 2.25. The highest BCUT2D eigenvalue weighted by Gasteiger charge is 2.13. The van der Waals surface area contributed by atoms with Crippen molar-refractivity contribution in [2.24, 2.45) is 0 Å². The van der Waals surface area contributed by atoms with Crippen LogP contribution in [0.3, 0.4) is 0 Å². The standard InChI is InChI=1S/C17H14N2O3/c1-11-3-8-14-15(18-11)9-10-16(22-2)17(14)12-4-6-13(7-5-12)19(20)21/h3-10H,1-2H3. The van der Waals surface area contributed by atoms with Crippen LogP contribution in [-0.2, 0) is 0 Å². The van der Waals surface area contributed by atoms with Crippen LogP contribution in [0.5, 0.6) is 5.75 Å². The molecule has 0 saturated carbocycles. The molecule has 0 amide bonds. The highest BCUT2D eigenvalue weighted by molar-refractivity contribution is 5.98. The second-order valence-electron chi connectivity index (χ2n) is 4.97. The van der Waals surface area contributed by atoms with E-state index < -0.39 is 4.92 Å². The average Bonchev–Trinajstić information content (AvgIpc) is 2.53. The lowest BCUT2D eigenvalue weighted by molar-refractivity contribution is -0.384. The Morgan fingerprint density at radius 1 is 1.05 bits per heavy atom. The molecule has 0 aliphatic rings. The van der Waals surface area contributed by atoms with Gasteiger partial charge in [0.2, 0.25) is 0 Å². The lowest BCUT2D eigenvalue weighted by Gasteiger charge is -2.12. The number of rotatable bonds is 3. The van der Waals surface area contributed by atoms with Crippen LogP contribution in [0, 0.1) is 17.0 Å². The molecule has 0 N–H and O–H groups in total. The number of hydrogen-bond donors (Lipinski definition) is 0. The Labute approximate surface area is 127 Å². The maximum absolute atomic E-state index is 10.8. The van der Waals surface area contributed by atoms with E-state index in [2.05, 4.69) is 4.98 Å². The fraction of sp³-hybridized carbons (Fsp3) is 0.118. The second-order valence-corrected chi connectivity index (χ2v) is 4.97. The minimum absolute atomic E-state index is 0.0666. The Morgan fingerprint density at radius 3 is 2.41 bits per heavy atom. The molecular weight excluding hydrogens is 280 g/mol. The van der Waals surface area contributed by atoms with Gasteiger partial charge in [-0.3, -0.25) is 15.1 Å². The molecular formula is C17H14N2O3. The molecule has 1 heterocycles. The number of nitrogens with zero attached hydrogens (tertiary/aromatic N) is 2. The molecule has 110 valence electrons. The van der Waals surface area contributed by atoms with Crippen molar-refractivity contribution in [3.63, 3.8) is 0 Å². The molecule has 5 heteroatoms. The van der Waals surface area contributed by atoms with Crippen LogP contribution < -0.4 is 4.74 Å². The number of pyridine rings is 1.